The van der Waals surface area contributed by atoms with Gasteiger partial charge in [0, 0.05) is 0 Å². The van der Waals surface area contributed by atoms with E-state index >= 15 is 0 Å². The normalized spacial score (nSPS) is 14.4. The van der Waals surface area contributed by atoms with Crippen LogP contribution in [0.15, 0.2) is 131 Å². The van der Waals surface area contributed by atoms with E-state index in [2.05, 4.69) is 136 Å². The van der Waals surface area contributed by atoms with Crippen molar-refractivity contribution in [1.29, 1.82) is 5.53 Å². The van der Waals surface area contributed by atoms with E-state index in [1.165, 1.54) is 0 Å². The first-order valence-electron chi connectivity index (χ1n) is 5.53. The van der Waals surface area contributed by atoms with Crippen molar-refractivity contribution < 1.29 is 0 Å². The zero-order valence-electron chi connectivity index (χ0n) is 12.8. The summed E-state index contributed by atoms with van der Waals surface area (Å²) < 4.78 is 0. The van der Waals surface area contributed by atoms with Crippen LogP contribution in [-0.4, -0.2) is 0 Å². The first-order valence-corrected chi connectivity index (χ1v) is 5.53. The monoisotopic (exact) mass is 396 g/mol. The van der Waals surface area contributed by atoms with Crippen LogP contribution in [-0.2, 0) is 0 Å². The lowest BCUT2D eigenvalue weighted by Crippen LogP contribution is -1.87. The summed E-state index contributed by atoms with van der Waals surface area (Å²) in [7, 11) is 0. The van der Waals surface area contributed by atoms with Crippen LogP contribution in [0.2, 0.25) is 0 Å². The number of hydrogen-bond donors (Lipinski definition) is 3. The average molecular weight is 396 g/mol. The van der Waals surface area contributed by atoms with Gasteiger partial charge in [-0.05, 0) is 125 Å². The van der Waals surface area contributed by atoms with Crippen LogP contribution in [0.5, 0.6) is 0 Å². The van der Waals surface area contributed by atoms with Gasteiger partial charge < -0.3 is 5.84 Å². The Balaban J connectivity index is 3.87. The zero-order chi connectivity index (χ0) is 20.4. The van der Waals surface area contributed by atoms with Crippen molar-refractivity contribution in [3.8, 4) is 0 Å². The van der Waals surface area contributed by atoms with E-state index in [1.54, 1.807) is 0 Å². The second kappa shape index (κ2) is 21.4. The molecule has 0 saturated carbocycles. The number of nitrogens with zero attached hydrogens (tertiary/aromatic N) is 25. The Morgan fingerprint density at radius 1 is 0.393 bits per heavy atom. The lowest BCUT2D eigenvalue weighted by molar-refractivity contribution is 0.638. The molecule has 0 bridgehead atoms. The van der Waals surface area contributed by atoms with Crippen molar-refractivity contribution in [3.63, 3.8) is 0 Å². The van der Waals surface area contributed by atoms with Gasteiger partial charge in [-0.2, -0.15) is 11.1 Å². The topological polar surface area (TPSA) is 371 Å². The van der Waals surface area contributed by atoms with E-state index in [0.717, 1.165) is 0 Å². The molecule has 0 aliphatic rings. The molecule has 0 unspecified atom stereocenters. The Bertz CT molecular complexity index is 718. The molecular weight excluding hydrogens is 392 g/mol. The van der Waals surface area contributed by atoms with Gasteiger partial charge in [0.05, 0.1) is 0 Å². The average Bonchev–Trinajstić information content (AvgIpc) is 2.71. The quantitative estimate of drug-likeness (QED) is 0.237. The van der Waals surface area contributed by atoms with Gasteiger partial charge in [0.1, 0.15) is 0 Å². The summed E-state index contributed by atoms with van der Waals surface area (Å²) in [6.07, 6.45) is 0. The maximum atomic E-state index is 6.22. The van der Waals surface area contributed by atoms with Crippen LogP contribution < -0.4 is 11.4 Å². The summed E-state index contributed by atoms with van der Waals surface area (Å²) in [4.78, 5) is 0. The molecule has 0 heterocycles. The zero-order valence-corrected chi connectivity index (χ0v) is 12.8. The third-order valence-electron chi connectivity index (χ3n) is 1.04. The Hall–Kier alpha value is -5.60. The summed E-state index contributed by atoms with van der Waals surface area (Å²) in [5.74, 6) is 4.61. The van der Waals surface area contributed by atoms with E-state index in [-0.39, 0.29) is 0 Å². The van der Waals surface area contributed by atoms with Crippen molar-refractivity contribution in [2.45, 2.75) is 0 Å². The molecule has 0 radical (unpaired) electrons. The molecule has 28 heavy (non-hydrogen) atoms. The molecule has 28 nitrogen and oxygen atoms in total. The first kappa shape index (κ1) is 22.4. The molecule has 0 aliphatic heterocycles. The van der Waals surface area contributed by atoms with Gasteiger partial charge in [0.2, 0.25) is 0 Å². The fourth-order valence-corrected chi connectivity index (χ4v) is 0.447. The fraction of sp³-hybridized carbons (Fsp3) is 0. The highest BCUT2D eigenvalue weighted by molar-refractivity contribution is 4.15. The molecule has 0 amide bonds. The molecule has 0 spiro atoms. The minimum atomic E-state index is 1.91. The number of hydrogen-bond acceptors (Lipinski definition) is 4. The molecule has 0 rings (SSSR count). The molecule has 0 aliphatic carbocycles. The van der Waals surface area contributed by atoms with Crippen molar-refractivity contribution >= 4 is 0 Å². The van der Waals surface area contributed by atoms with Crippen LogP contribution in [0.4, 0.5) is 0 Å². The molecule has 0 aromatic rings. The van der Waals surface area contributed by atoms with Crippen molar-refractivity contribution in [3.05, 3.63) is 0 Å². The Labute approximate surface area is 148 Å². The third kappa shape index (κ3) is 20.4. The van der Waals surface area contributed by atoms with Crippen LogP contribution in [0.3, 0.4) is 0 Å². The van der Waals surface area contributed by atoms with Crippen molar-refractivity contribution in [2.24, 2.45) is 136 Å². The van der Waals surface area contributed by atoms with Crippen molar-refractivity contribution in [1.82, 2.24) is 5.53 Å². The molecule has 0 atom stereocenters. The van der Waals surface area contributed by atoms with E-state index in [1.807, 2.05) is 5.53 Å². The maximum absolute atomic E-state index is 6.22. The van der Waals surface area contributed by atoms with E-state index in [9.17, 15) is 0 Å². The number of rotatable bonds is 13. The summed E-state index contributed by atoms with van der Waals surface area (Å²) >= 11 is 0. The second-order valence-corrected chi connectivity index (χ2v) is 2.39. The van der Waals surface area contributed by atoms with Gasteiger partial charge in [0.25, 0.3) is 0 Å². The second-order valence-electron chi connectivity index (χ2n) is 2.39. The SMILES string of the molecule is N=NN=NN=NN=NN=NN=NN=NNN=NN=NN=NN=NN=NN=NN. The van der Waals surface area contributed by atoms with Crippen molar-refractivity contribution in [2.75, 3.05) is 0 Å². The smallest absolute Gasteiger partial charge is 0.0000000000000952 e. The van der Waals surface area contributed by atoms with Crippen LogP contribution in [0, 0.1) is 5.53 Å². The van der Waals surface area contributed by atoms with Crippen LogP contribution >= 0.6 is 0 Å². The lowest BCUT2D eigenvalue weighted by atomic mass is 12.3. The summed E-state index contributed by atoms with van der Waals surface area (Å²) in [6.45, 7) is 0. The molecule has 0 fully saturated rings. The Morgan fingerprint density at radius 2 is 0.679 bits per heavy atom. The van der Waals surface area contributed by atoms with E-state index < -0.39 is 0 Å². The summed E-state index contributed by atoms with van der Waals surface area (Å²) in [6, 6.07) is 0. The number of nitrogens with two attached hydrogens (primary N) is 1. The van der Waals surface area contributed by atoms with Gasteiger partial charge in [-0.3, -0.25) is 0 Å². The lowest BCUT2D eigenvalue weighted by Gasteiger charge is -1.77. The Kier molecular flexibility index (Phi) is 17.1. The molecule has 4 N–H and O–H groups in total. The van der Waals surface area contributed by atoms with Crippen LogP contribution in [0.1, 0.15) is 0 Å². The fourth-order valence-electron chi connectivity index (χ4n) is 0.447. The van der Waals surface area contributed by atoms with Gasteiger partial charge in [0.15, 0.2) is 0 Å². The van der Waals surface area contributed by atoms with E-state index in [4.69, 9.17) is 5.53 Å². The van der Waals surface area contributed by atoms with E-state index in [0.29, 0.717) is 0 Å². The van der Waals surface area contributed by atoms with Gasteiger partial charge in [-0.25, -0.2) is 0 Å². The summed E-state index contributed by atoms with van der Waals surface area (Å²) in [5.41, 5.74) is 8.13. The molecule has 28 heteroatoms. The summed E-state index contributed by atoms with van der Waals surface area (Å²) in [5, 5.41) is 73.8. The first-order chi connectivity index (χ1) is 13.9. The minimum Gasteiger partial charge on any atom is -0.303 e. The molecule has 0 aromatic heterocycles. The molecule has 144 valence electrons. The standard InChI is InChI=1S/H4N28/c1-3-5-7-9-11-13-15-17-19-21-23-25-27-28-26-24-22-20-18-16-14-12-10-8-6-4-2/h(H2,1,4,5,8,9,12,13,16,17,20,21,24,25,28)(H2,2,3,6,7,10,11,14,15,18,19,22,23,26,27). The predicted octanol–water partition coefficient (Wildman–Crippen LogP) is 3.80. The Morgan fingerprint density at radius 3 is 1.00 bits per heavy atom. The third-order valence-corrected chi connectivity index (χ3v) is 1.04. The largest absolute Gasteiger partial charge is 0.303 e. The van der Waals surface area contributed by atoms with Gasteiger partial charge >= 0.3 is 0 Å². The highest BCUT2D eigenvalue weighted by atomic mass is 15.8. The van der Waals surface area contributed by atoms with Crippen LogP contribution in [0.25, 0.3) is 0 Å². The number of nitrogens with one attached hydrogen (secondary N) is 2. The highest BCUT2D eigenvalue weighted by Gasteiger charge is 1.72. The molecule has 0 aromatic carbocycles. The molecular formula is H4N28. The van der Waals surface area contributed by atoms with Gasteiger partial charge in [-0.15, -0.1) is 0 Å². The molecule has 0 saturated heterocycles. The highest BCUT2D eigenvalue weighted by Crippen LogP contribution is 1.88. The predicted molar refractivity (Wildman–Crippen MR) is 70.7 cm³/mol. The minimum absolute atomic E-state index is 1.91. The van der Waals surface area contributed by atoms with Gasteiger partial charge in [-0.1, -0.05) is 5.22 Å². The maximum Gasteiger partial charge on any atom is -0.0000000000000952 e.